The average molecular weight is 396 g/mol. The van der Waals surface area contributed by atoms with Crippen molar-refractivity contribution in [1.82, 2.24) is 15.4 Å². The second kappa shape index (κ2) is 8.74. The molecule has 0 radical (unpaired) electrons. The summed E-state index contributed by atoms with van der Waals surface area (Å²) in [5.74, 6) is -0.647. The molecule has 0 spiro atoms. The van der Waals surface area contributed by atoms with Gasteiger partial charge in [0.1, 0.15) is 11.4 Å². The van der Waals surface area contributed by atoms with Gasteiger partial charge in [-0.2, -0.15) is 5.10 Å². The van der Waals surface area contributed by atoms with Crippen LogP contribution in [-0.2, 0) is 0 Å². The lowest BCUT2D eigenvalue weighted by atomic mass is 10.0. The SMILES string of the molecule is O=C(Oc1ccc2ccccc2c1/C=N\NC(=O)c1cnccn1)c1ccccc1. The first-order chi connectivity index (χ1) is 14.7. The monoisotopic (exact) mass is 396 g/mol. The minimum absolute atomic E-state index is 0.142. The van der Waals surface area contributed by atoms with E-state index in [-0.39, 0.29) is 5.69 Å². The number of rotatable bonds is 5. The molecule has 0 atom stereocenters. The van der Waals surface area contributed by atoms with Crippen molar-refractivity contribution in [3.05, 3.63) is 102 Å². The van der Waals surface area contributed by atoms with E-state index in [9.17, 15) is 9.59 Å². The van der Waals surface area contributed by atoms with Crippen molar-refractivity contribution in [2.24, 2.45) is 5.10 Å². The molecule has 0 unspecified atom stereocenters. The van der Waals surface area contributed by atoms with Crippen LogP contribution in [0.15, 0.2) is 90.4 Å². The Morgan fingerprint density at radius 1 is 0.933 bits per heavy atom. The molecule has 3 aromatic carbocycles. The van der Waals surface area contributed by atoms with Gasteiger partial charge in [0.25, 0.3) is 5.91 Å². The molecule has 1 heterocycles. The molecule has 0 saturated carbocycles. The maximum absolute atomic E-state index is 12.5. The largest absolute Gasteiger partial charge is 0.422 e. The molecule has 4 rings (SSSR count). The fourth-order valence-corrected chi connectivity index (χ4v) is 2.86. The number of hydrogen-bond donors (Lipinski definition) is 1. The summed E-state index contributed by atoms with van der Waals surface area (Å²) < 4.78 is 5.62. The van der Waals surface area contributed by atoms with Gasteiger partial charge >= 0.3 is 5.97 Å². The molecule has 1 aromatic heterocycles. The number of nitrogens with one attached hydrogen (secondary N) is 1. The number of ether oxygens (including phenoxy) is 1. The normalized spacial score (nSPS) is 10.8. The number of hydrogen-bond acceptors (Lipinski definition) is 6. The summed E-state index contributed by atoms with van der Waals surface area (Å²) in [5, 5.41) is 5.80. The first-order valence-corrected chi connectivity index (χ1v) is 9.11. The van der Waals surface area contributed by atoms with Crippen LogP contribution in [0.2, 0.25) is 0 Å². The minimum Gasteiger partial charge on any atom is -0.422 e. The number of fused-ring (bicyclic) bond motifs is 1. The van der Waals surface area contributed by atoms with E-state index in [1.807, 2.05) is 36.4 Å². The topological polar surface area (TPSA) is 93.5 Å². The number of carbonyl (C=O) groups is 2. The molecule has 0 aliphatic heterocycles. The fourth-order valence-electron chi connectivity index (χ4n) is 2.86. The van der Waals surface area contributed by atoms with Gasteiger partial charge in [0.05, 0.1) is 18.0 Å². The van der Waals surface area contributed by atoms with Gasteiger partial charge in [-0.1, -0.05) is 48.5 Å². The summed E-state index contributed by atoms with van der Waals surface area (Å²) in [6, 6.07) is 19.9. The van der Waals surface area contributed by atoms with Crippen molar-refractivity contribution < 1.29 is 14.3 Å². The Morgan fingerprint density at radius 3 is 2.53 bits per heavy atom. The molecule has 0 aliphatic rings. The summed E-state index contributed by atoms with van der Waals surface area (Å²) in [5.41, 5.74) is 3.56. The first-order valence-electron chi connectivity index (χ1n) is 9.11. The fraction of sp³-hybridized carbons (Fsp3) is 0. The average Bonchev–Trinajstić information content (AvgIpc) is 2.81. The zero-order valence-corrected chi connectivity index (χ0v) is 15.7. The van der Waals surface area contributed by atoms with E-state index in [4.69, 9.17) is 4.74 Å². The van der Waals surface area contributed by atoms with Gasteiger partial charge in [-0.25, -0.2) is 15.2 Å². The Kier molecular flexibility index (Phi) is 5.52. The highest BCUT2D eigenvalue weighted by atomic mass is 16.5. The van der Waals surface area contributed by atoms with E-state index in [1.54, 1.807) is 30.3 Å². The Bertz CT molecular complexity index is 1230. The Labute approximate surface area is 172 Å². The van der Waals surface area contributed by atoms with E-state index in [1.165, 1.54) is 24.8 Å². The quantitative estimate of drug-likeness (QED) is 0.241. The Hall–Kier alpha value is -4.39. The molecule has 1 N–H and O–H groups in total. The van der Waals surface area contributed by atoms with Gasteiger partial charge in [0.15, 0.2) is 0 Å². The van der Waals surface area contributed by atoms with Gasteiger partial charge < -0.3 is 4.74 Å². The number of benzene rings is 3. The smallest absolute Gasteiger partial charge is 0.343 e. The van der Waals surface area contributed by atoms with Gasteiger partial charge in [-0.3, -0.25) is 9.78 Å². The zero-order valence-electron chi connectivity index (χ0n) is 15.7. The highest BCUT2D eigenvalue weighted by Crippen LogP contribution is 2.27. The molecule has 7 heteroatoms. The predicted molar refractivity (Wildman–Crippen MR) is 112 cm³/mol. The van der Waals surface area contributed by atoms with Gasteiger partial charge in [0.2, 0.25) is 0 Å². The van der Waals surface area contributed by atoms with Crippen molar-refractivity contribution in [2.45, 2.75) is 0 Å². The lowest BCUT2D eigenvalue weighted by Gasteiger charge is -2.10. The van der Waals surface area contributed by atoms with Crippen LogP contribution in [0.5, 0.6) is 5.75 Å². The van der Waals surface area contributed by atoms with E-state index in [0.29, 0.717) is 16.9 Å². The molecular weight excluding hydrogens is 380 g/mol. The number of hydrazone groups is 1. The first kappa shape index (κ1) is 18.9. The van der Waals surface area contributed by atoms with E-state index in [2.05, 4.69) is 20.5 Å². The summed E-state index contributed by atoms with van der Waals surface area (Å²) >= 11 is 0. The van der Waals surface area contributed by atoms with Crippen LogP contribution >= 0.6 is 0 Å². The van der Waals surface area contributed by atoms with Crippen molar-refractivity contribution in [2.75, 3.05) is 0 Å². The maximum Gasteiger partial charge on any atom is 0.343 e. The summed E-state index contributed by atoms with van der Waals surface area (Å²) in [6.45, 7) is 0. The maximum atomic E-state index is 12.5. The third kappa shape index (κ3) is 4.20. The Morgan fingerprint density at radius 2 is 1.73 bits per heavy atom. The van der Waals surface area contributed by atoms with Crippen LogP contribution in [0.1, 0.15) is 26.4 Å². The number of esters is 1. The molecular formula is C23H16N4O3. The standard InChI is InChI=1S/C23H16N4O3/c28-22(20-15-24-12-13-25-20)27-26-14-19-18-9-5-4-6-16(18)10-11-21(19)30-23(29)17-7-2-1-3-8-17/h1-15H,(H,27,28)/b26-14-. The number of carbonyl (C=O) groups excluding carboxylic acids is 2. The van der Waals surface area contributed by atoms with Crippen LogP contribution in [-0.4, -0.2) is 28.1 Å². The second-order valence-electron chi connectivity index (χ2n) is 6.24. The lowest BCUT2D eigenvalue weighted by molar-refractivity contribution is 0.0734. The van der Waals surface area contributed by atoms with Crippen molar-refractivity contribution in [1.29, 1.82) is 0 Å². The summed E-state index contributed by atoms with van der Waals surface area (Å²) in [4.78, 5) is 32.4. The molecule has 4 aromatic rings. The highest BCUT2D eigenvalue weighted by molar-refractivity contribution is 6.04. The van der Waals surface area contributed by atoms with Gasteiger partial charge in [-0.05, 0) is 29.0 Å². The molecule has 30 heavy (non-hydrogen) atoms. The number of nitrogens with zero attached hydrogens (tertiary/aromatic N) is 3. The summed E-state index contributed by atoms with van der Waals surface area (Å²) in [6.07, 6.45) is 5.69. The molecule has 0 bridgehead atoms. The zero-order chi connectivity index (χ0) is 20.8. The molecule has 0 fully saturated rings. The van der Waals surface area contributed by atoms with Gasteiger partial charge in [-0.15, -0.1) is 0 Å². The molecule has 0 saturated heterocycles. The molecule has 0 aliphatic carbocycles. The minimum atomic E-state index is -0.498. The van der Waals surface area contributed by atoms with Crippen LogP contribution in [0.3, 0.4) is 0 Å². The Balaban J connectivity index is 1.64. The van der Waals surface area contributed by atoms with E-state index < -0.39 is 11.9 Å². The molecule has 7 nitrogen and oxygen atoms in total. The third-order valence-corrected chi connectivity index (χ3v) is 4.30. The third-order valence-electron chi connectivity index (χ3n) is 4.30. The molecule has 1 amide bonds. The number of amides is 1. The van der Waals surface area contributed by atoms with Gasteiger partial charge in [0, 0.05) is 18.0 Å². The van der Waals surface area contributed by atoms with E-state index in [0.717, 1.165) is 10.8 Å². The number of aromatic nitrogens is 2. The molecule has 146 valence electrons. The highest BCUT2D eigenvalue weighted by Gasteiger charge is 2.13. The van der Waals surface area contributed by atoms with E-state index >= 15 is 0 Å². The van der Waals surface area contributed by atoms with Crippen LogP contribution < -0.4 is 10.2 Å². The summed E-state index contributed by atoms with van der Waals surface area (Å²) in [7, 11) is 0. The van der Waals surface area contributed by atoms with Crippen LogP contribution in [0, 0.1) is 0 Å². The van der Waals surface area contributed by atoms with Crippen molar-refractivity contribution >= 4 is 28.9 Å². The van der Waals surface area contributed by atoms with Crippen LogP contribution in [0.25, 0.3) is 10.8 Å². The van der Waals surface area contributed by atoms with Crippen LogP contribution in [0.4, 0.5) is 0 Å². The lowest BCUT2D eigenvalue weighted by Crippen LogP contribution is -2.19. The van der Waals surface area contributed by atoms with Crippen molar-refractivity contribution in [3.63, 3.8) is 0 Å². The predicted octanol–water partition coefficient (Wildman–Crippen LogP) is 3.61. The second-order valence-corrected chi connectivity index (χ2v) is 6.24. The van der Waals surface area contributed by atoms with Crippen molar-refractivity contribution in [3.8, 4) is 5.75 Å².